The van der Waals surface area contributed by atoms with E-state index in [2.05, 4.69) is 10.1 Å². The molecule has 100 valence electrons. The smallest absolute Gasteiger partial charge is 0.387 e. The predicted molar refractivity (Wildman–Crippen MR) is 69.2 cm³/mol. The van der Waals surface area contributed by atoms with Crippen molar-refractivity contribution in [3.05, 3.63) is 40.4 Å². The van der Waals surface area contributed by atoms with E-state index in [1.807, 2.05) is 19.9 Å². The minimum atomic E-state index is -2.83. The molecule has 0 heterocycles. The maximum Gasteiger partial charge on any atom is 0.387 e. The SMILES string of the molecule is CC(C)=CCNCc1cc(Cl)ccc1OC(F)F. The lowest BCUT2D eigenvalue weighted by Gasteiger charge is -2.11. The zero-order chi connectivity index (χ0) is 13.5. The summed E-state index contributed by atoms with van der Waals surface area (Å²) in [4.78, 5) is 0. The van der Waals surface area contributed by atoms with Crippen LogP contribution in [0, 0.1) is 0 Å². The minimum Gasteiger partial charge on any atom is -0.434 e. The molecular formula is C13H16ClF2NO. The molecule has 0 unspecified atom stereocenters. The van der Waals surface area contributed by atoms with Gasteiger partial charge in [-0.15, -0.1) is 0 Å². The van der Waals surface area contributed by atoms with Crippen molar-refractivity contribution in [3.8, 4) is 5.75 Å². The molecule has 0 bridgehead atoms. The summed E-state index contributed by atoms with van der Waals surface area (Å²) in [5, 5.41) is 3.61. The van der Waals surface area contributed by atoms with Crippen LogP contribution in [0.25, 0.3) is 0 Å². The summed E-state index contributed by atoms with van der Waals surface area (Å²) >= 11 is 5.83. The van der Waals surface area contributed by atoms with Gasteiger partial charge in [-0.2, -0.15) is 8.78 Å². The van der Waals surface area contributed by atoms with Gasteiger partial charge >= 0.3 is 6.61 Å². The molecule has 18 heavy (non-hydrogen) atoms. The largest absolute Gasteiger partial charge is 0.434 e. The van der Waals surface area contributed by atoms with E-state index < -0.39 is 6.61 Å². The van der Waals surface area contributed by atoms with E-state index in [1.165, 1.54) is 17.7 Å². The molecule has 0 spiro atoms. The zero-order valence-corrected chi connectivity index (χ0v) is 11.1. The van der Waals surface area contributed by atoms with Gasteiger partial charge in [-0.05, 0) is 32.0 Å². The molecular weight excluding hydrogens is 260 g/mol. The molecule has 0 fully saturated rings. The minimum absolute atomic E-state index is 0.152. The average Bonchev–Trinajstić information content (AvgIpc) is 2.27. The molecule has 0 saturated heterocycles. The normalized spacial score (nSPS) is 10.6. The van der Waals surface area contributed by atoms with Crippen LogP contribution in [0.2, 0.25) is 5.02 Å². The Balaban J connectivity index is 2.67. The van der Waals surface area contributed by atoms with Gasteiger partial charge in [0.15, 0.2) is 0 Å². The van der Waals surface area contributed by atoms with Crippen LogP contribution in [0.3, 0.4) is 0 Å². The Labute approximate surface area is 111 Å². The second-order valence-corrected chi connectivity index (χ2v) is 4.48. The molecule has 0 aliphatic rings. The van der Waals surface area contributed by atoms with E-state index in [4.69, 9.17) is 11.6 Å². The van der Waals surface area contributed by atoms with Crippen LogP contribution in [0.15, 0.2) is 29.8 Å². The first-order valence-electron chi connectivity index (χ1n) is 5.56. The summed E-state index contributed by atoms with van der Waals surface area (Å²) in [6, 6.07) is 4.60. The maximum absolute atomic E-state index is 12.2. The second kappa shape index (κ2) is 7.34. The van der Waals surface area contributed by atoms with E-state index in [1.54, 1.807) is 6.07 Å². The summed E-state index contributed by atoms with van der Waals surface area (Å²) in [6.45, 7) is 2.25. The van der Waals surface area contributed by atoms with Crippen LogP contribution in [0.4, 0.5) is 8.78 Å². The third-order valence-electron chi connectivity index (χ3n) is 2.21. The van der Waals surface area contributed by atoms with Crippen LogP contribution in [-0.2, 0) is 6.54 Å². The van der Waals surface area contributed by atoms with E-state index in [-0.39, 0.29) is 5.75 Å². The van der Waals surface area contributed by atoms with Crippen molar-refractivity contribution in [1.82, 2.24) is 5.32 Å². The lowest BCUT2D eigenvalue weighted by molar-refractivity contribution is -0.0504. The van der Waals surface area contributed by atoms with E-state index in [9.17, 15) is 8.78 Å². The van der Waals surface area contributed by atoms with Crippen molar-refractivity contribution < 1.29 is 13.5 Å². The monoisotopic (exact) mass is 275 g/mol. The number of rotatable bonds is 6. The van der Waals surface area contributed by atoms with Gasteiger partial charge < -0.3 is 10.1 Å². The molecule has 1 N–H and O–H groups in total. The van der Waals surface area contributed by atoms with Gasteiger partial charge in [0.2, 0.25) is 0 Å². The third kappa shape index (κ3) is 5.47. The van der Waals surface area contributed by atoms with Crippen molar-refractivity contribution in [2.75, 3.05) is 6.54 Å². The predicted octanol–water partition coefficient (Wildman–Crippen LogP) is 4.00. The van der Waals surface area contributed by atoms with Crippen LogP contribution >= 0.6 is 11.6 Å². The molecule has 2 nitrogen and oxygen atoms in total. The van der Waals surface area contributed by atoms with Crippen LogP contribution in [0.1, 0.15) is 19.4 Å². The average molecular weight is 276 g/mol. The molecule has 0 atom stereocenters. The highest BCUT2D eigenvalue weighted by Crippen LogP contribution is 2.24. The van der Waals surface area contributed by atoms with Crippen LogP contribution < -0.4 is 10.1 Å². The Morgan fingerprint density at radius 1 is 1.44 bits per heavy atom. The molecule has 0 amide bonds. The Bertz CT molecular complexity index is 417. The van der Waals surface area contributed by atoms with Crippen LogP contribution in [-0.4, -0.2) is 13.2 Å². The van der Waals surface area contributed by atoms with E-state index >= 15 is 0 Å². The van der Waals surface area contributed by atoms with Gasteiger partial charge in [0.25, 0.3) is 0 Å². The lowest BCUT2D eigenvalue weighted by atomic mass is 10.2. The maximum atomic E-state index is 12.2. The lowest BCUT2D eigenvalue weighted by Crippen LogP contribution is -2.15. The van der Waals surface area contributed by atoms with Gasteiger partial charge in [-0.25, -0.2) is 0 Å². The first kappa shape index (κ1) is 14.9. The second-order valence-electron chi connectivity index (χ2n) is 4.04. The Kier molecular flexibility index (Phi) is 6.09. The molecule has 0 saturated carbocycles. The molecule has 0 aliphatic heterocycles. The Morgan fingerprint density at radius 2 is 2.17 bits per heavy atom. The zero-order valence-electron chi connectivity index (χ0n) is 10.3. The number of ether oxygens (including phenoxy) is 1. The first-order chi connectivity index (χ1) is 8.49. The molecule has 5 heteroatoms. The summed E-state index contributed by atoms with van der Waals surface area (Å²) < 4.78 is 28.9. The van der Waals surface area contributed by atoms with Crippen molar-refractivity contribution in [2.45, 2.75) is 27.0 Å². The highest BCUT2D eigenvalue weighted by atomic mass is 35.5. The molecule has 1 rings (SSSR count). The number of halogens is 3. The number of benzene rings is 1. The fraction of sp³-hybridized carbons (Fsp3) is 0.385. The summed E-state index contributed by atoms with van der Waals surface area (Å²) in [7, 11) is 0. The van der Waals surface area contributed by atoms with Crippen molar-refractivity contribution >= 4 is 11.6 Å². The molecule has 0 radical (unpaired) electrons. The number of allylic oxidation sites excluding steroid dienone is 1. The number of hydrogen-bond acceptors (Lipinski definition) is 2. The molecule has 0 aliphatic carbocycles. The van der Waals surface area contributed by atoms with Crippen molar-refractivity contribution in [2.24, 2.45) is 0 Å². The first-order valence-corrected chi connectivity index (χ1v) is 5.94. The fourth-order valence-electron chi connectivity index (χ4n) is 1.38. The standard InChI is InChI=1S/C13H16ClF2NO/c1-9(2)5-6-17-8-10-7-11(14)3-4-12(10)18-13(15)16/h3-5,7,13,17H,6,8H2,1-2H3. The highest BCUT2D eigenvalue weighted by Gasteiger charge is 2.09. The summed E-state index contributed by atoms with van der Waals surface area (Å²) in [5.74, 6) is 0.152. The fourth-order valence-corrected chi connectivity index (χ4v) is 1.57. The van der Waals surface area contributed by atoms with Gasteiger partial charge in [0.05, 0.1) is 0 Å². The molecule has 1 aromatic rings. The van der Waals surface area contributed by atoms with Gasteiger partial charge in [-0.3, -0.25) is 0 Å². The van der Waals surface area contributed by atoms with Crippen LogP contribution in [0.5, 0.6) is 5.75 Å². The quantitative estimate of drug-likeness (QED) is 0.626. The Morgan fingerprint density at radius 3 is 2.78 bits per heavy atom. The molecule has 0 aromatic heterocycles. The third-order valence-corrected chi connectivity index (χ3v) is 2.44. The highest BCUT2D eigenvalue weighted by molar-refractivity contribution is 6.30. The number of alkyl halides is 2. The molecule has 1 aromatic carbocycles. The van der Waals surface area contributed by atoms with Gasteiger partial charge in [-0.1, -0.05) is 23.3 Å². The van der Waals surface area contributed by atoms with Crippen molar-refractivity contribution in [1.29, 1.82) is 0 Å². The number of hydrogen-bond donors (Lipinski definition) is 1. The van der Waals surface area contributed by atoms with E-state index in [0.29, 0.717) is 23.7 Å². The summed E-state index contributed by atoms with van der Waals surface area (Å²) in [6.07, 6.45) is 2.01. The number of nitrogens with one attached hydrogen (secondary N) is 1. The van der Waals surface area contributed by atoms with Gasteiger partial charge in [0.1, 0.15) is 5.75 Å². The summed E-state index contributed by atoms with van der Waals surface area (Å²) in [5.41, 5.74) is 1.81. The van der Waals surface area contributed by atoms with Crippen molar-refractivity contribution in [3.63, 3.8) is 0 Å². The topological polar surface area (TPSA) is 21.3 Å². The Hall–Kier alpha value is -1.13. The van der Waals surface area contributed by atoms with E-state index in [0.717, 1.165) is 0 Å². The van der Waals surface area contributed by atoms with Gasteiger partial charge in [0, 0.05) is 23.7 Å².